The van der Waals surface area contributed by atoms with Crippen molar-refractivity contribution < 1.29 is 0 Å². The Kier molecular flexibility index (Phi) is 3.68. The first kappa shape index (κ1) is 14.1. The summed E-state index contributed by atoms with van der Waals surface area (Å²) in [5.41, 5.74) is 13.2. The third kappa shape index (κ3) is 2.54. The maximum atomic E-state index is 6.00. The van der Waals surface area contributed by atoms with Crippen molar-refractivity contribution in [1.29, 1.82) is 0 Å². The largest absolute Gasteiger partial charge is 0.341 e. The maximum absolute atomic E-state index is 6.00. The van der Waals surface area contributed by atoms with Crippen molar-refractivity contribution in [3.05, 3.63) is 52.8 Å². The molecule has 3 heteroatoms. The molecule has 0 saturated carbocycles. The summed E-state index contributed by atoms with van der Waals surface area (Å²) in [4.78, 5) is 6.99. The minimum Gasteiger partial charge on any atom is -0.341 e. The minimum atomic E-state index is 0.529. The van der Waals surface area contributed by atoms with Gasteiger partial charge in [0.2, 0.25) is 0 Å². The summed E-state index contributed by atoms with van der Waals surface area (Å²) < 4.78 is 0. The van der Waals surface area contributed by atoms with Crippen molar-refractivity contribution in [3.8, 4) is 0 Å². The Morgan fingerprint density at radius 2 is 2.00 bits per heavy atom. The monoisotopic (exact) mass is 281 g/mol. The van der Waals surface area contributed by atoms with Crippen molar-refractivity contribution in [1.82, 2.24) is 4.98 Å². The molecule has 2 aromatic rings. The molecule has 0 aliphatic carbocycles. The zero-order valence-corrected chi connectivity index (χ0v) is 13.1. The molecule has 21 heavy (non-hydrogen) atoms. The summed E-state index contributed by atoms with van der Waals surface area (Å²) in [7, 11) is 0. The summed E-state index contributed by atoms with van der Waals surface area (Å²) in [5.74, 6) is 0.638. The van der Waals surface area contributed by atoms with E-state index in [2.05, 4.69) is 61.0 Å². The molecule has 3 rings (SSSR count). The van der Waals surface area contributed by atoms with Gasteiger partial charge in [-0.3, -0.25) is 4.98 Å². The van der Waals surface area contributed by atoms with Crippen molar-refractivity contribution in [2.24, 2.45) is 11.7 Å². The van der Waals surface area contributed by atoms with E-state index in [1.165, 1.54) is 16.9 Å². The first-order valence-electron chi connectivity index (χ1n) is 7.62. The fourth-order valence-electron chi connectivity index (χ4n) is 3.35. The molecule has 1 aliphatic rings. The van der Waals surface area contributed by atoms with E-state index in [4.69, 9.17) is 5.73 Å². The summed E-state index contributed by atoms with van der Waals surface area (Å²) in [6.07, 6.45) is 1.15. The number of hydrogen-bond donors (Lipinski definition) is 1. The Labute approximate surface area is 126 Å². The fourth-order valence-corrected chi connectivity index (χ4v) is 3.35. The number of anilines is 2. The summed E-state index contributed by atoms with van der Waals surface area (Å²) in [6, 6.07) is 10.9. The van der Waals surface area contributed by atoms with Gasteiger partial charge in [-0.25, -0.2) is 0 Å². The average Bonchev–Trinajstić information content (AvgIpc) is 2.45. The summed E-state index contributed by atoms with van der Waals surface area (Å²) >= 11 is 0. The van der Waals surface area contributed by atoms with Crippen LogP contribution in [0.15, 0.2) is 30.3 Å². The Morgan fingerprint density at radius 1 is 1.24 bits per heavy atom. The molecule has 0 saturated heterocycles. The molecule has 1 aromatic carbocycles. The zero-order valence-electron chi connectivity index (χ0n) is 13.1. The van der Waals surface area contributed by atoms with Gasteiger partial charge in [-0.05, 0) is 43.9 Å². The van der Waals surface area contributed by atoms with Gasteiger partial charge in [0.25, 0.3) is 0 Å². The number of aryl methyl sites for hydroxylation is 2. The Bertz CT molecular complexity index is 664. The number of nitrogens with zero attached hydrogens (tertiary/aromatic N) is 2. The van der Waals surface area contributed by atoms with Gasteiger partial charge in [0.15, 0.2) is 0 Å². The molecule has 1 atom stereocenters. The molecule has 3 nitrogen and oxygen atoms in total. The highest BCUT2D eigenvalue weighted by molar-refractivity contribution is 5.71. The van der Waals surface area contributed by atoms with Crippen molar-refractivity contribution in [2.45, 2.75) is 33.7 Å². The first-order valence-corrected chi connectivity index (χ1v) is 7.62. The summed E-state index contributed by atoms with van der Waals surface area (Å²) in [6.45, 7) is 7.98. The smallest absolute Gasteiger partial charge is 0.0492 e. The van der Waals surface area contributed by atoms with Crippen LogP contribution in [0, 0.1) is 19.8 Å². The van der Waals surface area contributed by atoms with Gasteiger partial charge in [-0.1, -0.05) is 25.1 Å². The lowest BCUT2D eigenvalue weighted by Crippen LogP contribution is -2.31. The third-order valence-electron chi connectivity index (χ3n) is 4.28. The molecule has 1 unspecified atom stereocenters. The normalized spacial score (nSPS) is 17.7. The molecule has 1 aromatic heterocycles. The van der Waals surface area contributed by atoms with Crippen LogP contribution in [-0.2, 0) is 13.0 Å². The number of fused-ring (bicyclic) bond motifs is 1. The van der Waals surface area contributed by atoms with E-state index in [0.717, 1.165) is 29.9 Å². The van der Waals surface area contributed by atoms with E-state index in [9.17, 15) is 0 Å². The van der Waals surface area contributed by atoms with Gasteiger partial charge in [0.05, 0.1) is 0 Å². The average molecular weight is 281 g/mol. The standard InChI is InChI=1S/C18H23N3/c1-12-8-15-6-4-5-7-17(15)21(11-12)18-9-13(2)20-14(3)16(18)10-19/h4-7,9,12H,8,10-11,19H2,1-3H3. The van der Waals surface area contributed by atoms with Crippen LogP contribution in [0.2, 0.25) is 0 Å². The number of pyridine rings is 1. The number of hydrogen-bond acceptors (Lipinski definition) is 3. The Balaban J connectivity index is 2.17. The highest BCUT2D eigenvalue weighted by Crippen LogP contribution is 2.37. The van der Waals surface area contributed by atoms with Crippen molar-refractivity contribution in [3.63, 3.8) is 0 Å². The molecular formula is C18H23N3. The lowest BCUT2D eigenvalue weighted by atomic mass is 9.93. The Morgan fingerprint density at radius 3 is 2.76 bits per heavy atom. The van der Waals surface area contributed by atoms with Gasteiger partial charge in [0.1, 0.15) is 0 Å². The predicted octanol–water partition coefficient (Wildman–Crippen LogP) is 3.49. The molecule has 0 amide bonds. The van der Waals surface area contributed by atoms with E-state index < -0.39 is 0 Å². The highest BCUT2D eigenvalue weighted by atomic mass is 15.2. The summed E-state index contributed by atoms with van der Waals surface area (Å²) in [5, 5.41) is 0. The van der Waals surface area contributed by atoms with Crippen LogP contribution in [0.1, 0.15) is 29.4 Å². The molecule has 1 aliphatic heterocycles. The van der Waals surface area contributed by atoms with Crippen molar-refractivity contribution in [2.75, 3.05) is 11.4 Å². The van der Waals surface area contributed by atoms with Gasteiger partial charge < -0.3 is 10.6 Å². The van der Waals surface area contributed by atoms with Gasteiger partial charge in [0, 0.05) is 41.4 Å². The lowest BCUT2D eigenvalue weighted by molar-refractivity contribution is 0.561. The van der Waals surface area contributed by atoms with E-state index in [1.807, 2.05) is 0 Å². The number of nitrogens with two attached hydrogens (primary N) is 1. The van der Waals surface area contributed by atoms with Crippen LogP contribution in [-0.4, -0.2) is 11.5 Å². The molecular weight excluding hydrogens is 258 g/mol. The van der Waals surface area contributed by atoms with Crippen LogP contribution < -0.4 is 10.6 Å². The second kappa shape index (κ2) is 5.49. The van der Waals surface area contributed by atoms with Crippen molar-refractivity contribution >= 4 is 11.4 Å². The minimum absolute atomic E-state index is 0.529. The number of rotatable bonds is 2. The lowest BCUT2D eigenvalue weighted by Gasteiger charge is -2.36. The fraction of sp³-hybridized carbons (Fsp3) is 0.389. The van der Waals surface area contributed by atoms with Crippen LogP contribution >= 0.6 is 0 Å². The molecule has 0 radical (unpaired) electrons. The van der Waals surface area contributed by atoms with E-state index >= 15 is 0 Å². The molecule has 0 fully saturated rings. The van der Waals surface area contributed by atoms with E-state index in [-0.39, 0.29) is 0 Å². The van der Waals surface area contributed by atoms with Crippen LogP contribution in [0.3, 0.4) is 0 Å². The molecule has 2 N–H and O–H groups in total. The van der Waals surface area contributed by atoms with Gasteiger partial charge in [-0.2, -0.15) is 0 Å². The van der Waals surface area contributed by atoms with Crippen LogP contribution in [0.5, 0.6) is 0 Å². The van der Waals surface area contributed by atoms with E-state index in [0.29, 0.717) is 12.5 Å². The molecule has 110 valence electrons. The first-order chi connectivity index (χ1) is 10.1. The van der Waals surface area contributed by atoms with E-state index in [1.54, 1.807) is 0 Å². The van der Waals surface area contributed by atoms with Gasteiger partial charge in [-0.15, -0.1) is 0 Å². The molecule has 0 bridgehead atoms. The molecule has 0 spiro atoms. The number of para-hydroxylation sites is 1. The second-order valence-corrected chi connectivity index (χ2v) is 6.10. The second-order valence-electron chi connectivity index (χ2n) is 6.10. The zero-order chi connectivity index (χ0) is 15.0. The third-order valence-corrected chi connectivity index (χ3v) is 4.28. The number of benzene rings is 1. The van der Waals surface area contributed by atoms with Crippen LogP contribution in [0.4, 0.5) is 11.4 Å². The number of aromatic nitrogens is 1. The quantitative estimate of drug-likeness (QED) is 0.916. The van der Waals surface area contributed by atoms with Crippen LogP contribution in [0.25, 0.3) is 0 Å². The topological polar surface area (TPSA) is 42.1 Å². The SMILES string of the molecule is Cc1cc(N2CC(C)Cc3ccccc32)c(CN)c(C)n1. The maximum Gasteiger partial charge on any atom is 0.0492 e. The highest BCUT2D eigenvalue weighted by Gasteiger charge is 2.24. The molecule has 2 heterocycles. The predicted molar refractivity (Wildman–Crippen MR) is 87.9 cm³/mol. The van der Waals surface area contributed by atoms with Gasteiger partial charge >= 0.3 is 0 Å². The Hall–Kier alpha value is -1.87.